The number of carbonyl (C=O) groups excluding carboxylic acids is 2. The molecule has 8 bridgehead atoms. The average molecular weight is 1000 g/mol. The number of aliphatic carboxylic acids is 2. The number of aromatic hydroxyl groups is 3. The lowest BCUT2D eigenvalue weighted by molar-refractivity contribution is -0.142. The first-order valence-corrected chi connectivity index (χ1v) is 24.1. The highest BCUT2D eigenvalue weighted by Gasteiger charge is 2.42. The molecule has 391 valence electrons. The third-order valence-electron chi connectivity index (χ3n) is 13.0. The van der Waals surface area contributed by atoms with E-state index < -0.39 is 11.9 Å². The van der Waals surface area contributed by atoms with Gasteiger partial charge >= 0.3 is 11.9 Å². The lowest BCUT2D eigenvalue weighted by Gasteiger charge is -2.19. The number of phenolic OH excluding ortho intramolecular Hbond substituents is 3. The van der Waals surface area contributed by atoms with Crippen molar-refractivity contribution in [2.45, 2.75) is 113 Å². The summed E-state index contributed by atoms with van der Waals surface area (Å²) < 4.78 is 37.1. The molecule has 2 aromatic carbocycles. The Morgan fingerprint density at radius 1 is 0.639 bits per heavy atom. The number of benzene rings is 2. The summed E-state index contributed by atoms with van der Waals surface area (Å²) in [6.45, 7) is 6.10. The van der Waals surface area contributed by atoms with Gasteiger partial charge in [0.05, 0.1) is 85.0 Å². The molecule has 7 N–H and O–H groups in total. The van der Waals surface area contributed by atoms with Crippen molar-refractivity contribution >= 4 is 32.9 Å². The van der Waals surface area contributed by atoms with E-state index in [9.17, 15) is 24.3 Å². The van der Waals surface area contributed by atoms with Crippen molar-refractivity contribution in [3.8, 4) is 23.0 Å². The third-order valence-corrected chi connectivity index (χ3v) is 13.0. The number of ether oxygens (including phenoxy) is 6. The maximum Gasteiger partial charge on any atom is 0.327 e. The van der Waals surface area contributed by atoms with Crippen LogP contribution in [0.2, 0.25) is 0 Å². The van der Waals surface area contributed by atoms with Gasteiger partial charge in [0.15, 0.2) is 12.6 Å². The Morgan fingerprint density at radius 3 is 1.46 bits per heavy atom. The number of carboxylic acid groups (broad SMARTS) is 2. The molecule has 18 nitrogen and oxygen atoms in total. The summed E-state index contributed by atoms with van der Waals surface area (Å²) >= 11 is 0. The minimum atomic E-state index is -0.981. The molecule has 0 amide bonds. The van der Waals surface area contributed by atoms with Gasteiger partial charge in [0.2, 0.25) is 0 Å². The number of carbonyl (C=O) groups is 4. The van der Waals surface area contributed by atoms with E-state index in [2.05, 4.69) is 23.1 Å². The van der Waals surface area contributed by atoms with Crippen molar-refractivity contribution in [3.05, 3.63) is 109 Å². The van der Waals surface area contributed by atoms with Crippen LogP contribution in [0.4, 0.5) is 0 Å². The molecule has 7 fully saturated rings. The fourth-order valence-corrected chi connectivity index (χ4v) is 9.28. The van der Waals surface area contributed by atoms with Crippen LogP contribution >= 0.6 is 0 Å². The summed E-state index contributed by atoms with van der Waals surface area (Å²) in [7, 11) is 0. The molecular formula is C53H68BO18. The second-order valence-electron chi connectivity index (χ2n) is 17.9. The van der Waals surface area contributed by atoms with E-state index in [1.807, 2.05) is 24.3 Å². The Hall–Kier alpha value is -5.80. The monoisotopic (exact) mass is 1000 g/mol. The first-order chi connectivity index (χ1) is 34.4. The quantitative estimate of drug-likeness (QED) is 0.0536. The number of hydrogen-bond donors (Lipinski definition) is 7. The molecule has 7 saturated heterocycles. The smallest absolute Gasteiger partial charge is 0.327 e. The molecule has 12 rings (SSSR count). The zero-order chi connectivity index (χ0) is 51.1. The largest absolute Gasteiger partial charge is 0.507 e. The zero-order valence-corrected chi connectivity index (χ0v) is 40.3. The molecule has 3 aromatic rings. The Kier molecular flexibility index (Phi) is 25.3. The standard InChI is InChI=1S/C14H16O4.C7H8O3.C7H6O3.C7H12O2.C7H10O2.C4H8O.C4H4O.C3H4O2.B/c15-7-11-12(16)2-1-3-14(11)17-8-9-6-10-4-5-13(9)18-10;8-7(9)5-3-4-1-2-6(5)10-4;8-4-5-6(9)2-1-3-7(5)10;2*8-4-5-3-6-1-2-7(5)9-6;2*1-2-4-5-3-1;1-2-3(4)5;/h1-3,7,9-10,13,16H,4-6,8H2;1-2,4-6H,3H2,(H,8,9);1-4,9-10H;5-8H,1-4H2;1-2,5-8H,3-4H2;1-4H2;1-4H;2H,1H2,(H,4,5);. The normalized spacial score (nSPS) is 29.1. The first-order valence-electron chi connectivity index (χ1n) is 24.1. The average Bonchev–Trinajstić information content (AvgIpc) is 4.24. The Bertz CT molecular complexity index is 2110. The van der Waals surface area contributed by atoms with E-state index in [0.29, 0.717) is 86.2 Å². The van der Waals surface area contributed by atoms with Crippen molar-refractivity contribution in [1.82, 2.24) is 0 Å². The fourth-order valence-electron chi connectivity index (χ4n) is 9.28. The van der Waals surface area contributed by atoms with Gasteiger partial charge in [0.25, 0.3) is 0 Å². The molecule has 0 spiro atoms. The number of rotatable bonds is 9. The molecule has 0 saturated carbocycles. The number of fused-ring (bicyclic) bond motifs is 8. The summed E-state index contributed by atoms with van der Waals surface area (Å²) in [5, 5.41) is 61.2. The third kappa shape index (κ3) is 18.1. The van der Waals surface area contributed by atoms with Crippen LogP contribution in [0.15, 0.2) is 102 Å². The van der Waals surface area contributed by atoms with Crippen molar-refractivity contribution in [3.63, 3.8) is 0 Å². The summed E-state index contributed by atoms with van der Waals surface area (Å²) in [6.07, 6.45) is 26.1. The first kappa shape index (κ1) is 58.8. The topological polar surface area (TPSA) is 278 Å². The SMILES string of the molecule is C1CCOC1.C=CC(=O)O.O=C(O)C1CC2C=CC1O2.O=Cc1c(O)cccc1O.O=Cc1c(O)cccc1OCC1CC2CCC1O2.OCC1CC2C=CC1O2.OCC1CC2CCC1O2.[B].c1ccoc1. The van der Waals surface area contributed by atoms with Crippen LogP contribution < -0.4 is 4.74 Å². The summed E-state index contributed by atoms with van der Waals surface area (Å²) in [4.78, 5) is 40.8. The van der Waals surface area contributed by atoms with E-state index >= 15 is 0 Å². The maximum atomic E-state index is 10.9. The van der Waals surface area contributed by atoms with Gasteiger partial charge in [-0.1, -0.05) is 43.0 Å². The molecule has 9 aliphatic heterocycles. The van der Waals surface area contributed by atoms with Gasteiger partial charge in [0.1, 0.15) is 23.0 Å². The molecular weight excluding hydrogens is 935 g/mol. The van der Waals surface area contributed by atoms with E-state index in [1.165, 1.54) is 49.9 Å². The molecule has 10 heterocycles. The predicted octanol–water partition coefficient (Wildman–Crippen LogP) is 6.30. The molecule has 1 aromatic heterocycles. The molecule has 72 heavy (non-hydrogen) atoms. The van der Waals surface area contributed by atoms with Gasteiger partial charge in [-0.3, -0.25) is 14.4 Å². The van der Waals surface area contributed by atoms with Gasteiger partial charge in [-0.15, -0.1) is 0 Å². The van der Waals surface area contributed by atoms with Gasteiger partial charge < -0.3 is 68.6 Å². The van der Waals surface area contributed by atoms with Gasteiger partial charge in [-0.25, -0.2) is 4.79 Å². The lowest BCUT2D eigenvalue weighted by atomic mass is 9.90. The van der Waals surface area contributed by atoms with Crippen LogP contribution in [-0.4, -0.2) is 151 Å². The predicted molar refractivity (Wildman–Crippen MR) is 262 cm³/mol. The molecule has 12 atom stereocenters. The van der Waals surface area contributed by atoms with Gasteiger partial charge in [-0.05, 0) is 101 Å². The number of furan rings is 1. The Balaban J connectivity index is 0.000000185. The minimum Gasteiger partial charge on any atom is -0.507 e. The number of aliphatic hydroxyl groups is 2. The lowest BCUT2D eigenvalue weighted by Crippen LogP contribution is -2.23. The van der Waals surface area contributed by atoms with Crippen LogP contribution in [0.1, 0.15) is 84.9 Å². The molecule has 19 heteroatoms. The Labute approximate surface area is 421 Å². The van der Waals surface area contributed by atoms with Gasteiger partial charge in [0, 0.05) is 58.7 Å². The number of aldehydes is 2. The van der Waals surface area contributed by atoms with Crippen molar-refractivity contribution in [2.24, 2.45) is 23.7 Å². The molecule has 12 unspecified atom stereocenters. The highest BCUT2D eigenvalue weighted by Crippen LogP contribution is 2.40. The Morgan fingerprint density at radius 2 is 1.15 bits per heavy atom. The minimum absolute atomic E-state index is 0. The number of aliphatic hydroxyl groups excluding tert-OH is 2. The van der Waals surface area contributed by atoms with Gasteiger partial charge in [-0.2, -0.15) is 0 Å². The van der Waals surface area contributed by atoms with Crippen molar-refractivity contribution in [1.29, 1.82) is 0 Å². The van der Waals surface area contributed by atoms with E-state index in [0.717, 1.165) is 51.4 Å². The van der Waals surface area contributed by atoms with Crippen molar-refractivity contribution < 1.29 is 87.8 Å². The fraction of sp³-hybridized carbons (Fsp3) is 0.509. The molecule has 0 aliphatic carbocycles. The molecule has 3 radical (unpaired) electrons. The summed E-state index contributed by atoms with van der Waals surface area (Å²) in [6, 6.07) is 12.7. The van der Waals surface area contributed by atoms with Crippen LogP contribution in [0, 0.1) is 23.7 Å². The number of hydrogen-bond acceptors (Lipinski definition) is 16. The zero-order valence-electron chi connectivity index (χ0n) is 40.3. The van der Waals surface area contributed by atoms with E-state index in [4.69, 9.17) is 59.1 Å². The van der Waals surface area contributed by atoms with Crippen LogP contribution in [0.5, 0.6) is 23.0 Å². The van der Waals surface area contributed by atoms with Crippen LogP contribution in [0.25, 0.3) is 0 Å². The summed E-state index contributed by atoms with van der Waals surface area (Å²) in [5.41, 5.74) is 0.157. The van der Waals surface area contributed by atoms with Crippen molar-refractivity contribution in [2.75, 3.05) is 33.0 Å². The highest BCUT2D eigenvalue weighted by atomic mass is 16.5. The number of phenols is 3. The van der Waals surface area contributed by atoms with Crippen LogP contribution in [0.3, 0.4) is 0 Å². The second kappa shape index (κ2) is 30.9. The van der Waals surface area contributed by atoms with E-state index in [-0.39, 0.29) is 67.6 Å². The number of carboxylic acids is 2. The maximum absolute atomic E-state index is 10.9. The van der Waals surface area contributed by atoms with Crippen LogP contribution in [-0.2, 0) is 33.3 Å². The second-order valence-corrected chi connectivity index (χ2v) is 17.9. The summed E-state index contributed by atoms with van der Waals surface area (Å²) in [5.74, 6) is -0.754. The highest BCUT2D eigenvalue weighted by molar-refractivity contribution is 5.83. The molecule has 9 aliphatic rings. The van der Waals surface area contributed by atoms with E-state index in [1.54, 1.807) is 24.7 Å².